The summed E-state index contributed by atoms with van der Waals surface area (Å²) in [5, 5.41) is 9.80. The van der Waals surface area contributed by atoms with Crippen molar-refractivity contribution in [3.05, 3.63) is 24.0 Å². The van der Waals surface area contributed by atoms with E-state index in [4.69, 9.17) is 9.47 Å². The fraction of sp³-hybridized carbons (Fsp3) is 0.591. The summed E-state index contributed by atoms with van der Waals surface area (Å²) in [5.41, 5.74) is 0.520. The SMILES string of the molecule is COc1ccc(Nc2nc(NCC3CCCCC3)nc(OCC3CCCN3)n2)cc1F. The van der Waals surface area contributed by atoms with Gasteiger partial charge in [-0.05, 0) is 50.3 Å². The van der Waals surface area contributed by atoms with Crippen molar-refractivity contribution < 1.29 is 13.9 Å². The van der Waals surface area contributed by atoms with E-state index in [1.807, 2.05) is 0 Å². The molecule has 1 aliphatic heterocycles. The first-order chi connectivity index (χ1) is 15.2. The second-order valence-electron chi connectivity index (χ2n) is 8.23. The lowest BCUT2D eigenvalue weighted by molar-refractivity contribution is 0.257. The number of nitrogens with zero attached hydrogens (tertiary/aromatic N) is 3. The summed E-state index contributed by atoms with van der Waals surface area (Å²) in [6.45, 7) is 2.34. The highest BCUT2D eigenvalue weighted by Crippen LogP contribution is 2.25. The summed E-state index contributed by atoms with van der Waals surface area (Å²) in [4.78, 5) is 13.3. The van der Waals surface area contributed by atoms with Gasteiger partial charge < -0.3 is 25.4 Å². The van der Waals surface area contributed by atoms with Crippen LogP contribution in [0.25, 0.3) is 0 Å². The maximum Gasteiger partial charge on any atom is 0.323 e. The van der Waals surface area contributed by atoms with Crippen molar-refractivity contribution in [2.75, 3.05) is 37.4 Å². The molecule has 9 heteroatoms. The molecule has 0 radical (unpaired) electrons. The van der Waals surface area contributed by atoms with Gasteiger partial charge in [-0.2, -0.15) is 15.0 Å². The first kappa shape index (κ1) is 21.5. The molecule has 2 fully saturated rings. The van der Waals surface area contributed by atoms with Crippen molar-refractivity contribution in [2.45, 2.75) is 51.0 Å². The van der Waals surface area contributed by atoms with Crippen molar-refractivity contribution in [1.29, 1.82) is 0 Å². The number of hydrogen-bond donors (Lipinski definition) is 3. The van der Waals surface area contributed by atoms with E-state index in [-0.39, 0.29) is 11.8 Å². The van der Waals surface area contributed by atoms with Gasteiger partial charge in [0.15, 0.2) is 11.6 Å². The molecular weight excluding hydrogens is 399 g/mol. The van der Waals surface area contributed by atoms with Crippen LogP contribution < -0.4 is 25.4 Å². The lowest BCUT2D eigenvalue weighted by Gasteiger charge is -2.21. The van der Waals surface area contributed by atoms with Gasteiger partial charge in [0, 0.05) is 24.3 Å². The van der Waals surface area contributed by atoms with Gasteiger partial charge in [-0.3, -0.25) is 0 Å². The van der Waals surface area contributed by atoms with Crippen molar-refractivity contribution in [3.63, 3.8) is 0 Å². The Hall–Kier alpha value is -2.68. The largest absolute Gasteiger partial charge is 0.494 e. The minimum Gasteiger partial charge on any atom is -0.494 e. The minimum atomic E-state index is -0.457. The van der Waals surface area contributed by atoms with E-state index in [9.17, 15) is 4.39 Å². The lowest BCUT2D eigenvalue weighted by atomic mass is 9.89. The Bertz CT molecular complexity index is 856. The van der Waals surface area contributed by atoms with E-state index in [1.54, 1.807) is 12.1 Å². The smallest absolute Gasteiger partial charge is 0.323 e. The quantitative estimate of drug-likeness (QED) is 0.552. The zero-order valence-electron chi connectivity index (χ0n) is 18.0. The monoisotopic (exact) mass is 430 g/mol. The summed E-state index contributed by atoms with van der Waals surface area (Å²) in [6.07, 6.45) is 8.56. The first-order valence-corrected chi connectivity index (χ1v) is 11.2. The van der Waals surface area contributed by atoms with E-state index >= 15 is 0 Å². The molecule has 1 atom stereocenters. The molecule has 1 aromatic carbocycles. The third kappa shape index (κ3) is 6.16. The molecule has 0 bridgehead atoms. The molecule has 1 aliphatic carbocycles. The summed E-state index contributed by atoms with van der Waals surface area (Å²) in [6, 6.07) is 5.18. The fourth-order valence-corrected chi connectivity index (χ4v) is 4.13. The molecule has 4 rings (SSSR count). The van der Waals surface area contributed by atoms with Gasteiger partial charge in [-0.15, -0.1) is 0 Å². The van der Waals surface area contributed by atoms with E-state index in [2.05, 4.69) is 30.9 Å². The molecular formula is C22H31FN6O2. The molecule has 1 saturated carbocycles. The molecule has 3 N–H and O–H groups in total. The third-order valence-corrected chi connectivity index (χ3v) is 5.87. The van der Waals surface area contributed by atoms with Crippen LogP contribution in [0.2, 0.25) is 0 Å². The molecule has 1 saturated heterocycles. The third-order valence-electron chi connectivity index (χ3n) is 5.87. The van der Waals surface area contributed by atoms with E-state index in [1.165, 1.54) is 45.3 Å². The molecule has 2 heterocycles. The Morgan fingerprint density at radius 2 is 1.90 bits per heavy atom. The zero-order chi connectivity index (χ0) is 21.5. The van der Waals surface area contributed by atoms with Crippen LogP contribution in [0.3, 0.4) is 0 Å². The van der Waals surface area contributed by atoms with E-state index in [0.717, 1.165) is 25.9 Å². The van der Waals surface area contributed by atoms with Crippen LogP contribution in [0.1, 0.15) is 44.9 Å². The number of ether oxygens (including phenoxy) is 2. The molecule has 1 aromatic heterocycles. The van der Waals surface area contributed by atoms with E-state index < -0.39 is 5.82 Å². The predicted molar refractivity (Wildman–Crippen MR) is 118 cm³/mol. The molecule has 0 amide bonds. The standard InChI is InChI=1S/C22H31FN6O2/c1-30-19-10-9-16(12-18(19)23)26-21-27-20(25-13-15-6-3-2-4-7-15)28-22(29-21)31-14-17-8-5-11-24-17/h9-10,12,15,17,24H,2-8,11,13-14H2,1H3,(H2,25,26,27,28,29). The van der Waals surface area contributed by atoms with Gasteiger partial charge in [0.2, 0.25) is 11.9 Å². The Kier molecular flexibility index (Phi) is 7.35. The summed E-state index contributed by atoms with van der Waals surface area (Å²) in [5.74, 6) is 1.13. The maximum atomic E-state index is 14.1. The van der Waals surface area contributed by atoms with Crippen LogP contribution in [0.15, 0.2) is 18.2 Å². The number of methoxy groups -OCH3 is 1. The first-order valence-electron chi connectivity index (χ1n) is 11.2. The van der Waals surface area contributed by atoms with Crippen molar-refractivity contribution in [1.82, 2.24) is 20.3 Å². The van der Waals surface area contributed by atoms with Crippen molar-refractivity contribution in [3.8, 4) is 11.8 Å². The topological polar surface area (TPSA) is 93.2 Å². The van der Waals surface area contributed by atoms with Crippen LogP contribution in [0.5, 0.6) is 11.8 Å². The number of halogens is 1. The molecule has 2 aromatic rings. The van der Waals surface area contributed by atoms with E-state index in [0.29, 0.717) is 36.2 Å². The molecule has 0 spiro atoms. The average molecular weight is 431 g/mol. The number of nitrogens with one attached hydrogen (secondary N) is 3. The van der Waals surface area contributed by atoms with Gasteiger partial charge in [-0.25, -0.2) is 4.39 Å². The number of hydrogen-bond acceptors (Lipinski definition) is 8. The van der Waals surface area contributed by atoms with Crippen LogP contribution in [-0.4, -0.2) is 47.8 Å². The lowest BCUT2D eigenvalue weighted by Crippen LogP contribution is -2.28. The summed E-state index contributed by atoms with van der Waals surface area (Å²) >= 11 is 0. The van der Waals surface area contributed by atoms with Gasteiger partial charge in [0.1, 0.15) is 6.61 Å². The maximum absolute atomic E-state index is 14.1. The Morgan fingerprint density at radius 3 is 2.65 bits per heavy atom. The van der Waals surface area contributed by atoms with Gasteiger partial charge in [0.05, 0.1) is 7.11 Å². The highest BCUT2D eigenvalue weighted by Gasteiger charge is 2.18. The Morgan fingerprint density at radius 1 is 1.06 bits per heavy atom. The highest BCUT2D eigenvalue weighted by atomic mass is 19.1. The van der Waals surface area contributed by atoms with Crippen LogP contribution >= 0.6 is 0 Å². The van der Waals surface area contributed by atoms with Crippen LogP contribution in [0, 0.1) is 11.7 Å². The molecule has 8 nitrogen and oxygen atoms in total. The Balaban J connectivity index is 1.47. The van der Waals surface area contributed by atoms with Crippen molar-refractivity contribution in [2.24, 2.45) is 5.92 Å². The molecule has 1 unspecified atom stereocenters. The number of benzene rings is 1. The van der Waals surface area contributed by atoms with Crippen LogP contribution in [0.4, 0.5) is 22.0 Å². The number of rotatable bonds is 9. The normalized spacial score (nSPS) is 19.2. The average Bonchev–Trinajstić information content (AvgIpc) is 3.31. The predicted octanol–water partition coefficient (Wildman–Crippen LogP) is 3.89. The Labute approximate surface area is 182 Å². The summed E-state index contributed by atoms with van der Waals surface area (Å²) < 4.78 is 24.9. The van der Waals surface area contributed by atoms with Crippen molar-refractivity contribution >= 4 is 17.6 Å². The zero-order valence-corrected chi connectivity index (χ0v) is 18.0. The second-order valence-corrected chi connectivity index (χ2v) is 8.23. The molecule has 31 heavy (non-hydrogen) atoms. The highest BCUT2D eigenvalue weighted by molar-refractivity contribution is 5.56. The number of aromatic nitrogens is 3. The molecule has 168 valence electrons. The molecule has 2 aliphatic rings. The van der Waals surface area contributed by atoms with Gasteiger partial charge in [0.25, 0.3) is 0 Å². The number of anilines is 3. The minimum absolute atomic E-state index is 0.184. The van der Waals surface area contributed by atoms with Gasteiger partial charge >= 0.3 is 6.01 Å². The second kappa shape index (κ2) is 10.6. The summed E-state index contributed by atoms with van der Waals surface area (Å²) in [7, 11) is 1.44. The van der Waals surface area contributed by atoms with Crippen LogP contribution in [-0.2, 0) is 0 Å². The fourth-order valence-electron chi connectivity index (χ4n) is 4.13. The van der Waals surface area contributed by atoms with Gasteiger partial charge in [-0.1, -0.05) is 19.3 Å².